The Morgan fingerprint density at radius 1 is 0.778 bits per heavy atom. The van der Waals surface area contributed by atoms with Crippen LogP contribution in [-0.4, -0.2) is 155 Å². The number of anilines is 1. The van der Waals surface area contributed by atoms with Crippen LogP contribution < -0.4 is 26.3 Å². The summed E-state index contributed by atoms with van der Waals surface area (Å²) >= 11 is 0. The molecular weight excluding hydrogens is 1090 g/mol. The van der Waals surface area contributed by atoms with Gasteiger partial charge in [-0.2, -0.15) is 35.1 Å². The summed E-state index contributed by atoms with van der Waals surface area (Å²) in [7, 11) is 1.60. The number of benzene rings is 2. The molecule has 7 rings (SSSR count). The molecule has 3 aliphatic heterocycles. The van der Waals surface area contributed by atoms with Gasteiger partial charge in [0, 0.05) is 72.9 Å². The van der Waals surface area contributed by atoms with Crippen LogP contribution in [0.15, 0.2) is 67.3 Å². The second-order valence-electron chi connectivity index (χ2n) is 21.0. The van der Waals surface area contributed by atoms with Crippen molar-refractivity contribution in [2.45, 2.75) is 115 Å². The van der Waals surface area contributed by atoms with Crippen LogP contribution in [-0.2, 0) is 36.8 Å². The van der Waals surface area contributed by atoms with Gasteiger partial charge in [-0.3, -0.25) is 24.5 Å². The maximum atomic E-state index is 16.0. The molecule has 6 atom stereocenters. The second kappa shape index (κ2) is 24.9. The van der Waals surface area contributed by atoms with E-state index in [1.54, 1.807) is 23.6 Å². The Morgan fingerprint density at radius 2 is 1.32 bits per heavy atom. The number of rotatable bonds is 19. The van der Waals surface area contributed by atoms with E-state index in [0.717, 1.165) is 65.4 Å². The summed E-state index contributed by atoms with van der Waals surface area (Å²) in [4.78, 5) is 66.1. The fraction of sp³-hybridized carbons (Fsp3) is 0.509. The van der Waals surface area contributed by atoms with E-state index in [1.807, 2.05) is 22.9 Å². The molecular formula is C53H60F10N10O8. The van der Waals surface area contributed by atoms with Crippen molar-refractivity contribution in [3.05, 3.63) is 101 Å². The van der Waals surface area contributed by atoms with Gasteiger partial charge in [0.05, 0.1) is 68.5 Å². The number of halogens is 10. The molecule has 5 heterocycles. The fourth-order valence-corrected chi connectivity index (χ4v) is 9.67. The Balaban J connectivity index is 1.18. The first-order valence-electron chi connectivity index (χ1n) is 25.3. The van der Waals surface area contributed by atoms with Crippen molar-refractivity contribution in [3.8, 4) is 23.1 Å². The number of fused-ring (bicyclic) bond motifs is 2. The SMILES string of the molecule is COC(=O)N[C@H](C(=O)N[C@@H](Cc1ccc(C#Cc2ccc(N3CC4CCC(C3)N4C3COC3)nc2)cc1)[C@@H](O)CN(Cc1c(F)cc(-c2cn(C(F)F)cn2)cc1F)NC(=O)[C@@H](NC(=O)OC)C(C)(C)C(F)(F)F)C(C)(C)C(F)(F)F. The number of hydrogen-bond donors (Lipinski definition) is 5. The Morgan fingerprint density at radius 3 is 1.80 bits per heavy atom. The van der Waals surface area contributed by atoms with E-state index >= 15 is 8.78 Å². The molecule has 3 saturated heterocycles. The number of aliphatic hydroxyl groups is 1. The fourth-order valence-electron chi connectivity index (χ4n) is 9.67. The normalized spacial score (nSPS) is 18.5. The van der Waals surface area contributed by atoms with Crippen molar-refractivity contribution in [2.24, 2.45) is 10.8 Å². The molecule has 3 aliphatic rings. The average Bonchev–Trinajstić information content (AvgIpc) is 4.26. The smallest absolute Gasteiger partial charge is 0.407 e. The first kappa shape index (κ1) is 61.4. The molecule has 0 radical (unpaired) electrons. The standard InChI is InChI=1S/C53H60F10N10O8/c1-50(2,52(58,59)60)43(67-48(77)79-5)45(75)66-39(17-30-10-7-29(8-11-30)9-12-31-13-16-42(64-20-31)70-21-33-14-15-34(22-70)73(33)35-26-81-27-35)41(74)25-72(69-46(76)44(68-49(78)80-6)51(3,4)53(61,62)63)23-36-37(54)18-32(19-38(36)55)40-24-71(28-65-40)47(56)57/h7-8,10-11,13,16,18-20,24,28,33-35,39,41,43-44,47,74H,14-15,17,21-23,25-27H2,1-6H3,(H,66,75)(H,67,77)(H,68,78)(H,69,76)/t33?,34?,39-,41-,43+,44+/m0/s1. The Hall–Kier alpha value is -7.22. The highest BCUT2D eigenvalue weighted by Gasteiger charge is 2.57. The Kier molecular flexibility index (Phi) is 18.9. The number of ether oxygens (including phenoxy) is 3. The van der Waals surface area contributed by atoms with Crippen LogP contribution in [0.25, 0.3) is 11.3 Å². The first-order chi connectivity index (χ1) is 38.0. The largest absolute Gasteiger partial charge is 0.453 e. The second-order valence-corrected chi connectivity index (χ2v) is 21.0. The zero-order chi connectivity index (χ0) is 59.4. The number of hydrogen-bond acceptors (Lipinski definition) is 13. The minimum atomic E-state index is -5.23. The van der Waals surface area contributed by atoms with Gasteiger partial charge < -0.3 is 40.2 Å². The van der Waals surface area contributed by atoms with Crippen molar-refractivity contribution in [1.29, 1.82) is 0 Å². The number of pyridine rings is 1. The molecule has 81 heavy (non-hydrogen) atoms. The number of alkyl halides is 8. The molecule has 4 aromatic rings. The van der Waals surface area contributed by atoms with E-state index < -0.39 is 115 Å². The summed E-state index contributed by atoms with van der Waals surface area (Å²) in [6.07, 6.45) is -10.7. The molecule has 28 heteroatoms. The van der Waals surface area contributed by atoms with Crippen LogP contribution in [0.4, 0.5) is 59.3 Å². The van der Waals surface area contributed by atoms with E-state index in [2.05, 4.69) is 46.4 Å². The van der Waals surface area contributed by atoms with Crippen LogP contribution in [0.3, 0.4) is 0 Å². The summed E-state index contributed by atoms with van der Waals surface area (Å²) < 4.78 is 161. The summed E-state index contributed by atoms with van der Waals surface area (Å²) in [6, 6.07) is 5.60. The van der Waals surface area contributed by atoms with Gasteiger partial charge in [-0.1, -0.05) is 24.0 Å². The highest BCUT2D eigenvalue weighted by Crippen LogP contribution is 2.42. The van der Waals surface area contributed by atoms with E-state index in [-0.39, 0.29) is 16.8 Å². The maximum absolute atomic E-state index is 16.0. The van der Waals surface area contributed by atoms with E-state index in [1.165, 1.54) is 12.1 Å². The van der Waals surface area contributed by atoms with Crippen molar-refractivity contribution in [2.75, 3.05) is 52.0 Å². The van der Waals surface area contributed by atoms with Gasteiger partial charge in [0.1, 0.15) is 29.5 Å². The predicted octanol–water partition coefficient (Wildman–Crippen LogP) is 6.62. The van der Waals surface area contributed by atoms with Gasteiger partial charge in [-0.25, -0.2) is 33.3 Å². The number of alkyl carbamates (subject to hydrolysis) is 2. The zero-order valence-corrected chi connectivity index (χ0v) is 44.6. The lowest BCUT2D eigenvalue weighted by molar-refractivity contribution is -0.221. The van der Waals surface area contributed by atoms with Crippen LogP contribution >= 0.6 is 0 Å². The van der Waals surface area contributed by atoms with Gasteiger partial charge in [-0.05, 0) is 88.9 Å². The Labute approximate surface area is 458 Å². The highest BCUT2D eigenvalue weighted by molar-refractivity contribution is 5.87. The summed E-state index contributed by atoms with van der Waals surface area (Å²) in [5.74, 6) is 0.785. The number of piperazine rings is 1. The van der Waals surface area contributed by atoms with E-state index in [9.17, 15) is 59.4 Å². The molecule has 0 saturated carbocycles. The number of nitrogens with one attached hydrogen (secondary N) is 4. The molecule has 2 bridgehead atoms. The van der Waals surface area contributed by atoms with Gasteiger partial charge in [0.2, 0.25) is 5.91 Å². The van der Waals surface area contributed by atoms with Gasteiger partial charge in [-0.15, -0.1) is 0 Å². The molecule has 0 spiro atoms. The third-order valence-corrected chi connectivity index (χ3v) is 14.8. The van der Waals surface area contributed by atoms with Crippen LogP contribution in [0.5, 0.6) is 0 Å². The number of methoxy groups -OCH3 is 2. The van der Waals surface area contributed by atoms with Gasteiger partial charge in [0.25, 0.3) is 5.91 Å². The lowest BCUT2D eigenvalue weighted by Crippen LogP contribution is -2.63. The van der Waals surface area contributed by atoms with E-state index in [4.69, 9.17) is 4.74 Å². The van der Waals surface area contributed by atoms with Crippen molar-refractivity contribution in [3.63, 3.8) is 0 Å². The van der Waals surface area contributed by atoms with Gasteiger partial charge >= 0.3 is 31.1 Å². The third kappa shape index (κ3) is 14.3. The summed E-state index contributed by atoms with van der Waals surface area (Å²) in [6.45, 7) is 0.0892. The molecule has 4 amide bonds. The number of hydrazine groups is 1. The lowest BCUT2D eigenvalue weighted by atomic mass is 9.82. The third-order valence-electron chi connectivity index (χ3n) is 14.8. The summed E-state index contributed by atoms with van der Waals surface area (Å²) in [5, 5.41) is 18.5. The number of amides is 4. The molecule has 5 N–H and O–H groups in total. The minimum Gasteiger partial charge on any atom is -0.453 e. The zero-order valence-electron chi connectivity index (χ0n) is 44.6. The monoisotopic (exact) mass is 1150 g/mol. The highest BCUT2D eigenvalue weighted by atomic mass is 19.4. The molecule has 3 fully saturated rings. The van der Waals surface area contributed by atoms with Crippen molar-refractivity contribution < 1.29 is 82.4 Å². The summed E-state index contributed by atoms with van der Waals surface area (Å²) in [5.41, 5.74) is -4.41. The number of imidazole rings is 1. The maximum Gasteiger partial charge on any atom is 0.407 e. The number of aromatic nitrogens is 3. The molecule has 2 aromatic heterocycles. The van der Waals surface area contributed by atoms with Crippen LogP contribution in [0.1, 0.15) is 69.3 Å². The average molecular weight is 1160 g/mol. The predicted molar refractivity (Wildman–Crippen MR) is 269 cm³/mol. The first-order valence-corrected chi connectivity index (χ1v) is 25.3. The molecule has 0 aliphatic carbocycles. The van der Waals surface area contributed by atoms with Crippen LogP contribution in [0.2, 0.25) is 0 Å². The number of nitrogens with zero attached hydrogens (tertiary/aromatic N) is 6. The van der Waals surface area contributed by atoms with Crippen molar-refractivity contribution in [1.82, 2.24) is 45.8 Å². The lowest BCUT2D eigenvalue weighted by Gasteiger charge is -2.47. The van der Waals surface area contributed by atoms with E-state index in [0.29, 0.717) is 85.0 Å². The minimum absolute atomic E-state index is 0.272. The van der Waals surface area contributed by atoms with Crippen LogP contribution in [0, 0.1) is 34.3 Å². The topological polar surface area (TPSA) is 205 Å². The molecule has 2 unspecified atom stereocenters. The van der Waals surface area contributed by atoms with Gasteiger partial charge in [0.15, 0.2) is 0 Å². The number of carbonyl (C=O) groups is 4. The quantitative estimate of drug-likeness (QED) is 0.0381. The number of aliphatic hydroxyl groups excluding tert-OH is 1. The number of carbonyl (C=O) groups excluding carboxylic acids is 4. The van der Waals surface area contributed by atoms with Crippen molar-refractivity contribution >= 4 is 29.8 Å². The Bertz CT molecular complexity index is 2910. The molecule has 18 nitrogen and oxygen atoms in total. The molecule has 440 valence electrons. The molecule has 2 aromatic carbocycles.